The molecule has 2 rings (SSSR count). The zero-order valence-corrected chi connectivity index (χ0v) is 22.5. The first-order valence-corrected chi connectivity index (χ1v) is 11.7. The van der Waals surface area contributed by atoms with Crippen LogP contribution < -0.4 is 39.3 Å². The second-order valence-electron chi connectivity index (χ2n) is 7.64. The predicted octanol–water partition coefficient (Wildman–Crippen LogP) is 2.90. The predicted molar refractivity (Wildman–Crippen MR) is 142 cm³/mol. The second kappa shape index (κ2) is 15.6. The molecule has 2 amide bonds. The van der Waals surface area contributed by atoms with Gasteiger partial charge in [0.2, 0.25) is 23.3 Å². The smallest absolute Gasteiger partial charge is 0.240 e. The molecule has 0 aromatic heterocycles. The van der Waals surface area contributed by atoms with Crippen LogP contribution in [0.2, 0.25) is 0 Å². The number of ether oxygens (including phenoxy) is 6. The van der Waals surface area contributed by atoms with Crippen LogP contribution in [0.5, 0.6) is 34.5 Å². The Labute approximate surface area is 221 Å². The molecule has 0 fully saturated rings. The van der Waals surface area contributed by atoms with E-state index in [0.29, 0.717) is 58.5 Å². The van der Waals surface area contributed by atoms with Crippen LogP contribution in [0.15, 0.2) is 34.5 Å². The first-order valence-electron chi connectivity index (χ1n) is 11.7. The Morgan fingerprint density at radius 2 is 0.974 bits per heavy atom. The van der Waals surface area contributed by atoms with Gasteiger partial charge in [0, 0.05) is 24.0 Å². The van der Waals surface area contributed by atoms with Crippen LogP contribution >= 0.6 is 0 Å². The van der Waals surface area contributed by atoms with Gasteiger partial charge in [0.1, 0.15) is 0 Å². The molecule has 0 unspecified atom stereocenters. The van der Waals surface area contributed by atoms with Crippen LogP contribution in [0, 0.1) is 0 Å². The molecular formula is C26H34N4O8. The van der Waals surface area contributed by atoms with E-state index >= 15 is 0 Å². The summed E-state index contributed by atoms with van der Waals surface area (Å²) in [5.74, 6) is 2.19. The maximum absolute atomic E-state index is 12.1. The van der Waals surface area contributed by atoms with Gasteiger partial charge in [-0.05, 0) is 37.1 Å². The molecule has 0 spiro atoms. The van der Waals surface area contributed by atoms with Crippen molar-refractivity contribution in [1.82, 2.24) is 10.9 Å². The average Bonchev–Trinajstić information content (AvgIpc) is 2.94. The van der Waals surface area contributed by atoms with Crippen LogP contribution in [0.1, 0.15) is 36.8 Å². The Balaban J connectivity index is 1.78. The number of carbonyl (C=O) groups is 2. The monoisotopic (exact) mass is 530 g/mol. The van der Waals surface area contributed by atoms with Crippen molar-refractivity contribution < 1.29 is 38.0 Å². The first kappa shape index (κ1) is 29.7. The number of methoxy groups -OCH3 is 6. The molecule has 0 aliphatic heterocycles. The number of unbranched alkanes of at least 4 members (excludes halogenated alkanes) is 1. The number of amides is 2. The summed E-state index contributed by atoms with van der Waals surface area (Å²) in [4.78, 5) is 24.2. The lowest BCUT2D eigenvalue weighted by atomic mass is 10.2. The van der Waals surface area contributed by atoms with Gasteiger partial charge in [-0.15, -0.1) is 0 Å². The summed E-state index contributed by atoms with van der Waals surface area (Å²) in [7, 11) is 9.07. The number of hydrazone groups is 2. The lowest BCUT2D eigenvalue weighted by Crippen LogP contribution is -2.19. The summed E-state index contributed by atoms with van der Waals surface area (Å²) in [5, 5.41) is 7.95. The van der Waals surface area contributed by atoms with Gasteiger partial charge in [-0.25, -0.2) is 10.9 Å². The van der Waals surface area contributed by atoms with E-state index in [-0.39, 0.29) is 24.7 Å². The largest absolute Gasteiger partial charge is 0.493 e. The molecule has 0 saturated carbocycles. The highest BCUT2D eigenvalue weighted by atomic mass is 16.5. The van der Waals surface area contributed by atoms with Crippen LogP contribution in [0.3, 0.4) is 0 Å². The molecule has 0 saturated heterocycles. The normalized spacial score (nSPS) is 10.8. The molecule has 38 heavy (non-hydrogen) atoms. The maximum Gasteiger partial charge on any atom is 0.240 e. The van der Waals surface area contributed by atoms with E-state index in [2.05, 4.69) is 21.1 Å². The van der Waals surface area contributed by atoms with Crippen molar-refractivity contribution in [3.63, 3.8) is 0 Å². The van der Waals surface area contributed by atoms with Gasteiger partial charge >= 0.3 is 0 Å². The molecule has 0 aliphatic rings. The molecule has 12 nitrogen and oxygen atoms in total. The summed E-state index contributed by atoms with van der Waals surface area (Å²) < 4.78 is 31.9. The van der Waals surface area contributed by atoms with Crippen molar-refractivity contribution >= 4 is 24.2 Å². The fourth-order valence-electron chi connectivity index (χ4n) is 3.48. The Morgan fingerprint density at radius 1 is 0.605 bits per heavy atom. The average molecular weight is 531 g/mol. The highest BCUT2D eigenvalue weighted by Gasteiger charge is 2.16. The van der Waals surface area contributed by atoms with Gasteiger partial charge in [0.05, 0.1) is 55.1 Å². The zero-order valence-electron chi connectivity index (χ0n) is 22.5. The summed E-state index contributed by atoms with van der Waals surface area (Å²) in [6.45, 7) is 0. The number of hydrogen-bond acceptors (Lipinski definition) is 10. The van der Waals surface area contributed by atoms with Crippen LogP contribution in [-0.2, 0) is 9.59 Å². The lowest BCUT2D eigenvalue weighted by molar-refractivity contribution is -0.123. The fraction of sp³-hybridized carbons (Fsp3) is 0.385. The molecule has 206 valence electrons. The van der Waals surface area contributed by atoms with E-state index < -0.39 is 0 Å². The molecule has 0 atom stereocenters. The molecule has 0 aliphatic carbocycles. The summed E-state index contributed by atoms with van der Waals surface area (Å²) in [6.07, 6.45) is 4.33. The highest BCUT2D eigenvalue weighted by molar-refractivity contribution is 5.88. The molecule has 0 bridgehead atoms. The van der Waals surface area contributed by atoms with Crippen molar-refractivity contribution in [2.24, 2.45) is 10.2 Å². The Bertz CT molecular complexity index is 1060. The standard InChI is InChI=1S/C26H34N4O8/c1-33-19-13-11-17(23(35-3)25(19)37-5)15-27-29-21(31)9-7-8-10-22(32)30-28-16-18-12-14-20(34-2)26(38-6)24(18)36-4/h11-16H,7-10H2,1-6H3,(H,29,31)(H,30,32). The number of rotatable bonds is 15. The molecule has 2 N–H and O–H groups in total. The summed E-state index contributed by atoms with van der Waals surface area (Å²) >= 11 is 0. The van der Waals surface area contributed by atoms with Gasteiger partial charge in [-0.3, -0.25) is 9.59 Å². The second-order valence-corrected chi connectivity index (χ2v) is 7.64. The molecule has 12 heteroatoms. The van der Waals surface area contributed by atoms with E-state index in [1.54, 1.807) is 24.3 Å². The van der Waals surface area contributed by atoms with Gasteiger partial charge in [0.15, 0.2) is 23.0 Å². The molecule has 0 heterocycles. The summed E-state index contributed by atoms with van der Waals surface area (Å²) in [5.41, 5.74) is 6.14. The first-order chi connectivity index (χ1) is 18.4. The molecule has 0 radical (unpaired) electrons. The minimum Gasteiger partial charge on any atom is -0.493 e. The van der Waals surface area contributed by atoms with E-state index in [0.717, 1.165) is 0 Å². The third-order valence-electron chi connectivity index (χ3n) is 5.31. The number of carbonyl (C=O) groups excluding carboxylic acids is 2. The quantitative estimate of drug-likeness (QED) is 0.204. The van der Waals surface area contributed by atoms with E-state index in [9.17, 15) is 9.59 Å². The van der Waals surface area contributed by atoms with Crippen LogP contribution in [0.25, 0.3) is 0 Å². The van der Waals surface area contributed by atoms with Crippen LogP contribution in [-0.4, -0.2) is 66.9 Å². The Morgan fingerprint density at radius 3 is 1.29 bits per heavy atom. The van der Waals surface area contributed by atoms with Crippen LogP contribution in [0.4, 0.5) is 0 Å². The topological polar surface area (TPSA) is 138 Å². The minimum absolute atomic E-state index is 0.208. The van der Waals surface area contributed by atoms with Crippen molar-refractivity contribution in [3.8, 4) is 34.5 Å². The zero-order chi connectivity index (χ0) is 27.9. The third-order valence-corrected chi connectivity index (χ3v) is 5.31. The number of nitrogens with one attached hydrogen (secondary N) is 2. The molecular weight excluding hydrogens is 496 g/mol. The van der Waals surface area contributed by atoms with Crippen molar-refractivity contribution in [1.29, 1.82) is 0 Å². The maximum atomic E-state index is 12.1. The van der Waals surface area contributed by atoms with E-state index in [1.807, 2.05) is 0 Å². The Kier molecular flexibility index (Phi) is 12.2. The van der Waals surface area contributed by atoms with E-state index in [4.69, 9.17) is 28.4 Å². The van der Waals surface area contributed by atoms with Crippen molar-refractivity contribution in [2.45, 2.75) is 25.7 Å². The number of nitrogens with zero attached hydrogens (tertiary/aromatic N) is 2. The number of hydrogen-bond donors (Lipinski definition) is 2. The summed E-state index contributed by atoms with van der Waals surface area (Å²) in [6, 6.07) is 6.89. The minimum atomic E-state index is -0.278. The lowest BCUT2D eigenvalue weighted by Gasteiger charge is -2.13. The number of benzene rings is 2. The van der Waals surface area contributed by atoms with Gasteiger partial charge in [-0.2, -0.15) is 10.2 Å². The van der Waals surface area contributed by atoms with Gasteiger partial charge in [-0.1, -0.05) is 0 Å². The van der Waals surface area contributed by atoms with Gasteiger partial charge in [0.25, 0.3) is 0 Å². The molecule has 2 aromatic rings. The van der Waals surface area contributed by atoms with Gasteiger partial charge < -0.3 is 28.4 Å². The fourth-order valence-corrected chi connectivity index (χ4v) is 3.48. The van der Waals surface area contributed by atoms with Crippen molar-refractivity contribution in [3.05, 3.63) is 35.4 Å². The Hall–Kier alpha value is -4.48. The van der Waals surface area contributed by atoms with Crippen molar-refractivity contribution in [2.75, 3.05) is 42.7 Å². The SMILES string of the molecule is COc1ccc(C=NNC(=O)CCCCC(=O)NN=Cc2ccc(OC)c(OC)c2OC)c(OC)c1OC. The third kappa shape index (κ3) is 8.02. The van der Waals surface area contributed by atoms with E-state index in [1.165, 1.54) is 55.1 Å². The molecule has 2 aromatic carbocycles. The highest BCUT2D eigenvalue weighted by Crippen LogP contribution is 2.39.